The number of hydrogen-bond donors (Lipinski definition) is 1. The Bertz CT molecular complexity index is 1010. The highest BCUT2D eigenvalue weighted by molar-refractivity contribution is 7.09. The van der Waals surface area contributed by atoms with E-state index >= 15 is 0 Å². The van der Waals surface area contributed by atoms with E-state index in [2.05, 4.69) is 19.8 Å². The number of ether oxygens (including phenoxy) is 3. The highest BCUT2D eigenvalue weighted by Crippen LogP contribution is 2.47. The van der Waals surface area contributed by atoms with Crippen molar-refractivity contribution < 1.29 is 36.6 Å². The summed E-state index contributed by atoms with van der Waals surface area (Å²) in [6.07, 6.45) is -7.34. The number of thiazole rings is 1. The van der Waals surface area contributed by atoms with E-state index in [4.69, 9.17) is 4.74 Å². The second-order valence-corrected chi connectivity index (χ2v) is 7.70. The molecule has 1 atom stereocenters. The number of halogens is 4. The summed E-state index contributed by atoms with van der Waals surface area (Å²) in [6.45, 7) is 3.97. The number of nitrogens with one attached hydrogen (secondary N) is 1. The van der Waals surface area contributed by atoms with Gasteiger partial charge in [-0.2, -0.15) is 22.6 Å². The fraction of sp³-hybridized carbons (Fsp3) is 0.444. The third kappa shape index (κ3) is 4.43. The molecule has 12 heteroatoms. The molecular weight excluding hydrogens is 430 g/mol. The van der Waals surface area contributed by atoms with Gasteiger partial charge >= 0.3 is 18.2 Å². The predicted octanol–water partition coefficient (Wildman–Crippen LogP) is 3.84. The second-order valence-electron chi connectivity index (χ2n) is 6.48. The number of methoxy groups -OCH3 is 1. The van der Waals surface area contributed by atoms with Crippen molar-refractivity contribution in [3.8, 4) is 17.2 Å². The number of aromatic nitrogens is 1. The van der Waals surface area contributed by atoms with Gasteiger partial charge in [-0.15, -0.1) is 11.3 Å². The summed E-state index contributed by atoms with van der Waals surface area (Å²) in [4.78, 5) is 17.3. The van der Waals surface area contributed by atoms with Gasteiger partial charge in [0, 0.05) is 24.3 Å². The number of hydrogen-bond acceptors (Lipinski definition) is 5. The highest BCUT2D eigenvalue weighted by Gasteiger charge is 2.65. The summed E-state index contributed by atoms with van der Waals surface area (Å²) < 4.78 is 68.4. The number of carbonyl (C=O) groups is 1. The number of carbonyl (C=O) groups excluding carboxylic acids is 1. The van der Waals surface area contributed by atoms with Gasteiger partial charge in [-0.3, -0.25) is 4.57 Å². The third-order valence-electron chi connectivity index (χ3n) is 4.18. The zero-order valence-corrected chi connectivity index (χ0v) is 17.1. The van der Waals surface area contributed by atoms with Crippen LogP contribution in [-0.2, 0) is 4.74 Å². The zero-order chi connectivity index (χ0) is 22.1. The fourth-order valence-electron chi connectivity index (χ4n) is 2.68. The smallest absolute Gasteiger partial charge is 0.421 e. The van der Waals surface area contributed by atoms with E-state index in [1.54, 1.807) is 13.1 Å². The molecule has 1 aliphatic rings. The molecule has 30 heavy (non-hydrogen) atoms. The minimum atomic E-state index is -4.82. The second kappa shape index (κ2) is 8.26. The lowest BCUT2D eigenvalue weighted by atomic mass is 10.2. The van der Waals surface area contributed by atoms with Gasteiger partial charge in [-0.05, 0) is 25.5 Å². The molecule has 0 bridgehead atoms. The summed E-state index contributed by atoms with van der Waals surface area (Å²) in [6, 6.07) is 2.74. The molecule has 1 aromatic carbocycles. The van der Waals surface area contributed by atoms with E-state index in [1.807, 2.05) is 6.92 Å². The summed E-state index contributed by atoms with van der Waals surface area (Å²) in [5, 5.41) is 2.71. The molecule has 0 aliphatic carbocycles. The molecule has 7 nitrogen and oxygen atoms in total. The maximum Gasteiger partial charge on any atom is 0.507 e. The quantitative estimate of drug-likeness (QED) is 0.704. The summed E-state index contributed by atoms with van der Waals surface area (Å²) in [5.74, 6) is -1.08. The third-order valence-corrected chi connectivity index (χ3v) is 5.07. The van der Waals surface area contributed by atoms with Gasteiger partial charge in [0.15, 0.2) is 16.3 Å². The molecule has 0 spiro atoms. The molecule has 0 saturated heterocycles. The van der Waals surface area contributed by atoms with Crippen molar-refractivity contribution in [2.24, 2.45) is 4.99 Å². The Morgan fingerprint density at radius 3 is 2.57 bits per heavy atom. The van der Waals surface area contributed by atoms with Gasteiger partial charge in [0.05, 0.1) is 18.3 Å². The average Bonchev–Trinajstić information content (AvgIpc) is 3.01. The number of rotatable bonds is 5. The van der Waals surface area contributed by atoms with Crippen LogP contribution in [0.25, 0.3) is 5.69 Å². The van der Waals surface area contributed by atoms with Gasteiger partial charge < -0.3 is 19.5 Å². The Labute approximate surface area is 172 Å². The molecule has 3 rings (SSSR count). The lowest BCUT2D eigenvalue weighted by Crippen LogP contribution is -2.52. The molecule has 1 unspecified atom stereocenters. The maximum atomic E-state index is 13.5. The number of fused-ring (bicyclic) bond motifs is 1. The van der Waals surface area contributed by atoms with Crippen LogP contribution in [0.3, 0.4) is 0 Å². The van der Waals surface area contributed by atoms with Gasteiger partial charge in [-0.1, -0.05) is 6.92 Å². The monoisotopic (exact) mass is 449 g/mol. The molecule has 1 aliphatic heterocycles. The van der Waals surface area contributed by atoms with Crippen molar-refractivity contribution in [1.29, 1.82) is 0 Å². The number of urea groups is 1. The lowest BCUT2D eigenvalue weighted by Gasteiger charge is -2.31. The summed E-state index contributed by atoms with van der Waals surface area (Å²) in [5.41, 5.74) is 0.276. The van der Waals surface area contributed by atoms with E-state index in [-0.39, 0.29) is 16.5 Å². The Morgan fingerprint density at radius 1 is 1.27 bits per heavy atom. The molecule has 2 amide bonds. The Balaban J connectivity index is 1.94. The summed E-state index contributed by atoms with van der Waals surface area (Å²) >= 11 is 1.19. The van der Waals surface area contributed by atoms with E-state index in [9.17, 15) is 22.4 Å². The van der Waals surface area contributed by atoms with Gasteiger partial charge in [0.25, 0.3) is 0 Å². The van der Waals surface area contributed by atoms with Crippen molar-refractivity contribution >= 4 is 17.4 Å². The van der Waals surface area contributed by atoms with Crippen LogP contribution < -0.4 is 19.6 Å². The molecule has 2 aromatic rings. The molecule has 1 aromatic heterocycles. The molecule has 164 valence electrons. The maximum absolute atomic E-state index is 13.5. The Morgan fingerprint density at radius 2 is 1.93 bits per heavy atom. The van der Waals surface area contributed by atoms with Gasteiger partial charge in [-0.25, -0.2) is 4.79 Å². The fourth-order valence-corrected chi connectivity index (χ4v) is 3.51. The highest BCUT2D eigenvalue weighted by atomic mass is 32.1. The SMILES string of the molecule is CCC(COC)NC(=O)N=c1sc(C)cn1-c1ccc2c(c1)OC(F)(F)C(F)(F)O2. The van der Waals surface area contributed by atoms with E-state index in [1.165, 1.54) is 29.1 Å². The molecule has 0 radical (unpaired) electrons. The van der Waals surface area contributed by atoms with Crippen molar-refractivity contribution in [3.63, 3.8) is 0 Å². The van der Waals surface area contributed by atoms with Gasteiger partial charge in [0.2, 0.25) is 0 Å². The molecule has 1 N–H and O–H groups in total. The van der Waals surface area contributed by atoms with E-state index in [0.717, 1.165) is 17.0 Å². The number of benzene rings is 1. The molecule has 2 heterocycles. The standard InChI is InChI=1S/C18H19F4N3O4S/c1-4-11(9-27-3)23-15(26)24-16-25(8-10(2)30-16)12-5-6-13-14(7-12)29-18(21,22)17(19,20)28-13/h5-8,11H,4,9H2,1-3H3,(H,23,26). The van der Waals surface area contributed by atoms with E-state index < -0.39 is 29.7 Å². The largest absolute Gasteiger partial charge is 0.507 e. The Hall–Kier alpha value is -2.60. The minimum Gasteiger partial charge on any atom is -0.421 e. The first-order chi connectivity index (χ1) is 14.1. The summed E-state index contributed by atoms with van der Waals surface area (Å²) in [7, 11) is 1.52. The van der Waals surface area contributed by atoms with Crippen LogP contribution in [0.1, 0.15) is 18.2 Å². The van der Waals surface area contributed by atoms with Crippen LogP contribution in [-0.4, -0.2) is 42.6 Å². The van der Waals surface area contributed by atoms with Crippen LogP contribution >= 0.6 is 11.3 Å². The van der Waals surface area contributed by atoms with Crippen molar-refractivity contribution in [2.75, 3.05) is 13.7 Å². The number of alkyl halides is 4. The Kier molecular flexibility index (Phi) is 6.09. The normalized spacial score (nSPS) is 18.2. The predicted molar refractivity (Wildman–Crippen MR) is 99.6 cm³/mol. The van der Waals surface area contributed by atoms with Crippen LogP contribution in [0, 0.1) is 6.92 Å². The zero-order valence-electron chi connectivity index (χ0n) is 16.2. The van der Waals surface area contributed by atoms with Crippen molar-refractivity contribution in [3.05, 3.63) is 34.1 Å². The molecule has 0 fully saturated rings. The van der Waals surface area contributed by atoms with Crippen LogP contribution in [0.2, 0.25) is 0 Å². The van der Waals surface area contributed by atoms with Crippen LogP contribution in [0.5, 0.6) is 11.5 Å². The van der Waals surface area contributed by atoms with Crippen molar-refractivity contribution in [1.82, 2.24) is 9.88 Å². The van der Waals surface area contributed by atoms with Gasteiger partial charge in [0.1, 0.15) is 0 Å². The lowest BCUT2D eigenvalue weighted by molar-refractivity contribution is -0.391. The molecule has 0 saturated carbocycles. The minimum absolute atomic E-state index is 0.223. The number of aryl methyl sites for hydroxylation is 1. The number of amides is 2. The first-order valence-corrected chi connectivity index (χ1v) is 9.69. The molecular formula is C18H19F4N3O4S. The first kappa shape index (κ1) is 22.1. The average molecular weight is 449 g/mol. The topological polar surface area (TPSA) is 74.1 Å². The van der Waals surface area contributed by atoms with E-state index in [0.29, 0.717) is 13.0 Å². The van der Waals surface area contributed by atoms with Crippen molar-refractivity contribution in [2.45, 2.75) is 38.5 Å². The van der Waals surface area contributed by atoms with Crippen LogP contribution in [0.4, 0.5) is 22.4 Å². The first-order valence-electron chi connectivity index (χ1n) is 8.87. The van der Waals surface area contributed by atoms with Crippen LogP contribution in [0.15, 0.2) is 29.4 Å². The number of nitrogens with zero attached hydrogens (tertiary/aromatic N) is 2.